The number of benzene rings is 8. The number of hydrogen-bond donors (Lipinski definition) is 0. The SMILES string of the molecule is c1ccc(-c2nc(-c3ccccc3)nc(-c3cccc4c3-c3c(-c5ccc6ccc7ccccc7c6c5)cccc3C4c3ccccc3)n2)cc1. The zero-order chi connectivity index (χ0) is 33.7. The highest BCUT2D eigenvalue weighted by Crippen LogP contribution is 2.54. The van der Waals surface area contributed by atoms with Gasteiger partial charge in [-0.1, -0.05) is 176 Å². The monoisotopic (exact) mass is 649 g/mol. The second-order valence-electron chi connectivity index (χ2n) is 13.1. The van der Waals surface area contributed by atoms with E-state index in [0.717, 1.165) is 16.7 Å². The second-order valence-corrected chi connectivity index (χ2v) is 13.1. The Balaban J connectivity index is 1.25. The van der Waals surface area contributed by atoms with Gasteiger partial charge in [0.1, 0.15) is 0 Å². The summed E-state index contributed by atoms with van der Waals surface area (Å²) in [6.45, 7) is 0. The van der Waals surface area contributed by atoms with Crippen LogP contribution in [0.15, 0.2) is 182 Å². The Morgan fingerprint density at radius 1 is 0.333 bits per heavy atom. The lowest BCUT2D eigenvalue weighted by Gasteiger charge is -2.15. The average Bonchev–Trinajstić information content (AvgIpc) is 3.56. The topological polar surface area (TPSA) is 38.7 Å². The lowest BCUT2D eigenvalue weighted by molar-refractivity contribution is 1.01. The molecule has 1 unspecified atom stereocenters. The third-order valence-electron chi connectivity index (χ3n) is 10.2. The van der Waals surface area contributed by atoms with Gasteiger partial charge in [0.2, 0.25) is 0 Å². The first-order valence-corrected chi connectivity index (χ1v) is 17.4. The molecule has 10 rings (SSSR count). The molecule has 0 saturated carbocycles. The largest absolute Gasteiger partial charge is 0.208 e. The second kappa shape index (κ2) is 12.0. The van der Waals surface area contributed by atoms with Crippen molar-refractivity contribution in [3.8, 4) is 56.4 Å². The molecule has 0 N–H and O–H groups in total. The van der Waals surface area contributed by atoms with Gasteiger partial charge in [-0.05, 0) is 66.6 Å². The molecule has 1 aromatic heterocycles. The highest BCUT2D eigenvalue weighted by molar-refractivity contribution is 6.09. The Morgan fingerprint density at radius 2 is 0.843 bits per heavy atom. The summed E-state index contributed by atoms with van der Waals surface area (Å²) in [4.78, 5) is 15.4. The van der Waals surface area contributed by atoms with Gasteiger partial charge in [-0.3, -0.25) is 0 Å². The molecule has 0 fully saturated rings. The summed E-state index contributed by atoms with van der Waals surface area (Å²) in [6.07, 6.45) is 0. The van der Waals surface area contributed by atoms with E-state index in [-0.39, 0.29) is 5.92 Å². The van der Waals surface area contributed by atoms with Gasteiger partial charge >= 0.3 is 0 Å². The van der Waals surface area contributed by atoms with Crippen LogP contribution in [0.2, 0.25) is 0 Å². The maximum absolute atomic E-state index is 5.20. The van der Waals surface area contributed by atoms with E-state index >= 15 is 0 Å². The molecule has 1 atom stereocenters. The van der Waals surface area contributed by atoms with Crippen LogP contribution in [0.1, 0.15) is 22.6 Å². The molecule has 51 heavy (non-hydrogen) atoms. The number of hydrogen-bond acceptors (Lipinski definition) is 3. The van der Waals surface area contributed by atoms with Gasteiger partial charge in [-0.15, -0.1) is 0 Å². The molecule has 0 radical (unpaired) electrons. The van der Waals surface area contributed by atoms with Crippen molar-refractivity contribution >= 4 is 21.5 Å². The van der Waals surface area contributed by atoms with E-state index in [9.17, 15) is 0 Å². The molecule has 0 aliphatic heterocycles. The Morgan fingerprint density at radius 3 is 1.51 bits per heavy atom. The lowest BCUT2D eigenvalue weighted by atomic mass is 9.88. The van der Waals surface area contributed by atoms with Crippen molar-refractivity contribution in [2.24, 2.45) is 0 Å². The minimum absolute atomic E-state index is 0.0708. The summed E-state index contributed by atoms with van der Waals surface area (Å²) < 4.78 is 0. The highest BCUT2D eigenvalue weighted by Gasteiger charge is 2.34. The Labute approximate surface area is 296 Å². The summed E-state index contributed by atoms with van der Waals surface area (Å²) in [5.74, 6) is 2.05. The highest BCUT2D eigenvalue weighted by atomic mass is 15.0. The van der Waals surface area contributed by atoms with Crippen LogP contribution in [0.4, 0.5) is 0 Å². The van der Waals surface area contributed by atoms with Crippen LogP contribution in [-0.4, -0.2) is 15.0 Å². The van der Waals surface area contributed by atoms with E-state index in [1.165, 1.54) is 60.5 Å². The summed E-state index contributed by atoms with van der Waals surface area (Å²) in [6, 6.07) is 64.7. The third-order valence-corrected chi connectivity index (χ3v) is 10.2. The molecule has 3 heteroatoms. The van der Waals surface area contributed by atoms with Crippen LogP contribution in [-0.2, 0) is 0 Å². The smallest absolute Gasteiger partial charge is 0.164 e. The van der Waals surface area contributed by atoms with Crippen LogP contribution in [0.5, 0.6) is 0 Å². The van der Waals surface area contributed by atoms with Crippen molar-refractivity contribution in [2.45, 2.75) is 5.92 Å². The molecule has 0 saturated heterocycles. The summed E-state index contributed by atoms with van der Waals surface area (Å²) >= 11 is 0. The molecule has 1 aliphatic rings. The van der Waals surface area contributed by atoms with Crippen LogP contribution in [0.25, 0.3) is 78.0 Å². The number of rotatable bonds is 5. The molecular formula is C48H31N3. The maximum atomic E-state index is 5.20. The van der Waals surface area contributed by atoms with E-state index < -0.39 is 0 Å². The van der Waals surface area contributed by atoms with Gasteiger partial charge in [0.15, 0.2) is 17.5 Å². The fourth-order valence-corrected chi connectivity index (χ4v) is 7.88. The van der Waals surface area contributed by atoms with Crippen LogP contribution >= 0.6 is 0 Å². The Kier molecular flexibility index (Phi) is 6.88. The summed E-state index contributed by atoms with van der Waals surface area (Å²) in [7, 11) is 0. The van der Waals surface area contributed by atoms with Crippen LogP contribution < -0.4 is 0 Å². The van der Waals surface area contributed by atoms with Crippen LogP contribution in [0, 0.1) is 0 Å². The van der Waals surface area contributed by atoms with Gasteiger partial charge in [0.05, 0.1) is 0 Å². The van der Waals surface area contributed by atoms with Gasteiger partial charge in [-0.25, -0.2) is 15.0 Å². The number of aromatic nitrogens is 3. The van der Waals surface area contributed by atoms with Crippen molar-refractivity contribution in [1.82, 2.24) is 15.0 Å². The average molecular weight is 650 g/mol. The molecule has 238 valence electrons. The minimum atomic E-state index is 0.0708. The van der Waals surface area contributed by atoms with Crippen LogP contribution in [0.3, 0.4) is 0 Å². The molecule has 0 amide bonds. The molecule has 8 aromatic carbocycles. The first-order valence-electron chi connectivity index (χ1n) is 17.4. The minimum Gasteiger partial charge on any atom is -0.208 e. The maximum Gasteiger partial charge on any atom is 0.164 e. The van der Waals surface area contributed by atoms with E-state index in [1.807, 2.05) is 36.4 Å². The third kappa shape index (κ3) is 4.94. The first kappa shape index (κ1) is 29.2. The fraction of sp³-hybridized carbons (Fsp3) is 0.0208. The van der Waals surface area contributed by atoms with Gasteiger partial charge in [0.25, 0.3) is 0 Å². The van der Waals surface area contributed by atoms with Crippen molar-refractivity contribution < 1.29 is 0 Å². The normalized spacial score (nSPS) is 13.3. The molecule has 1 aliphatic carbocycles. The van der Waals surface area contributed by atoms with E-state index in [4.69, 9.17) is 15.0 Å². The zero-order valence-electron chi connectivity index (χ0n) is 27.7. The Hall–Kier alpha value is -6.71. The zero-order valence-corrected chi connectivity index (χ0v) is 27.7. The first-order chi connectivity index (χ1) is 25.3. The molecule has 0 bridgehead atoms. The number of nitrogens with zero attached hydrogens (tertiary/aromatic N) is 3. The quantitative estimate of drug-likeness (QED) is 0.174. The van der Waals surface area contributed by atoms with Gasteiger partial charge in [-0.2, -0.15) is 0 Å². The summed E-state index contributed by atoms with van der Waals surface area (Å²) in [5.41, 5.74) is 11.5. The molecule has 9 aromatic rings. The lowest BCUT2D eigenvalue weighted by Crippen LogP contribution is -2.02. The molecular weight excluding hydrogens is 619 g/mol. The van der Waals surface area contributed by atoms with Crippen molar-refractivity contribution in [3.05, 3.63) is 199 Å². The van der Waals surface area contributed by atoms with E-state index in [2.05, 4.69) is 146 Å². The Bertz CT molecular complexity index is 2680. The van der Waals surface area contributed by atoms with Crippen molar-refractivity contribution in [2.75, 3.05) is 0 Å². The van der Waals surface area contributed by atoms with Crippen molar-refractivity contribution in [3.63, 3.8) is 0 Å². The van der Waals surface area contributed by atoms with Gasteiger partial charge in [0, 0.05) is 22.6 Å². The number of fused-ring (bicyclic) bond motifs is 6. The van der Waals surface area contributed by atoms with Crippen molar-refractivity contribution in [1.29, 1.82) is 0 Å². The standard InChI is InChI=1S/C48H31N3/c1-4-15-33(16-5-1)43-39-23-12-22-38(36-29-28-32-27-26-31-14-10-11-21-37(31)42(32)30-36)44(39)45-40(43)24-13-25-41(45)48-50-46(34-17-6-2-7-18-34)49-47(51-48)35-19-8-3-9-20-35/h1-30,43H. The molecule has 3 nitrogen and oxygen atoms in total. The van der Waals surface area contributed by atoms with E-state index in [0.29, 0.717) is 17.5 Å². The fourth-order valence-electron chi connectivity index (χ4n) is 7.88. The molecule has 0 spiro atoms. The summed E-state index contributed by atoms with van der Waals surface area (Å²) in [5, 5.41) is 5.00. The van der Waals surface area contributed by atoms with E-state index in [1.54, 1.807) is 0 Å². The predicted molar refractivity (Wildman–Crippen MR) is 209 cm³/mol. The van der Waals surface area contributed by atoms with Gasteiger partial charge < -0.3 is 0 Å². The molecule has 1 heterocycles. The predicted octanol–water partition coefficient (Wildman–Crippen LogP) is 12.0.